The fourth-order valence-corrected chi connectivity index (χ4v) is 2.31. The summed E-state index contributed by atoms with van der Waals surface area (Å²) in [5.74, 6) is 0.162. The van der Waals surface area contributed by atoms with Crippen molar-refractivity contribution in [2.24, 2.45) is 5.92 Å². The van der Waals surface area contributed by atoms with Gasteiger partial charge in [-0.3, -0.25) is 0 Å². The smallest absolute Gasteiger partial charge is 0.0872 e. The van der Waals surface area contributed by atoms with E-state index in [2.05, 4.69) is 12.2 Å². The summed E-state index contributed by atoms with van der Waals surface area (Å²) in [5, 5.41) is 10.9. The zero-order valence-electron chi connectivity index (χ0n) is 9.07. The summed E-state index contributed by atoms with van der Waals surface area (Å²) in [7, 11) is 0. The number of anilines is 1. The van der Waals surface area contributed by atoms with Gasteiger partial charge in [-0.1, -0.05) is 23.8 Å². The van der Waals surface area contributed by atoms with Crippen molar-refractivity contribution in [1.82, 2.24) is 0 Å². The first-order valence-corrected chi connectivity index (χ1v) is 5.96. The summed E-state index contributed by atoms with van der Waals surface area (Å²) < 4.78 is 0. The highest BCUT2D eigenvalue weighted by Crippen LogP contribution is 2.34. The molecule has 0 amide bonds. The predicted molar refractivity (Wildman–Crippen MR) is 67.3 cm³/mol. The van der Waals surface area contributed by atoms with E-state index in [0.717, 1.165) is 24.8 Å². The van der Waals surface area contributed by atoms with Crippen molar-refractivity contribution in [3.8, 4) is 0 Å². The molecular formula is C13H16ClNO. The Kier molecular flexibility index (Phi) is 3.52. The first kappa shape index (κ1) is 11.5. The van der Waals surface area contributed by atoms with E-state index in [1.807, 2.05) is 0 Å². The number of aliphatic hydroxyl groups excluding tert-OH is 1. The Bertz CT molecular complexity index is 403. The van der Waals surface area contributed by atoms with Crippen LogP contribution in [-0.4, -0.2) is 5.11 Å². The lowest BCUT2D eigenvalue weighted by Crippen LogP contribution is -2.14. The number of allylic oxidation sites excluding steroid dienone is 1. The number of hydrogen-bond donors (Lipinski definition) is 2. The summed E-state index contributed by atoms with van der Waals surface area (Å²) in [6.07, 6.45) is 6.89. The first-order chi connectivity index (χ1) is 7.68. The molecule has 0 heterocycles. The highest BCUT2D eigenvalue weighted by Gasteiger charge is 2.21. The molecule has 0 aliphatic heterocycles. The number of hydrogen-bond acceptors (Lipinski definition) is 2. The van der Waals surface area contributed by atoms with E-state index in [9.17, 15) is 5.11 Å². The van der Waals surface area contributed by atoms with Crippen LogP contribution in [0.2, 0.25) is 5.02 Å². The molecule has 16 heavy (non-hydrogen) atoms. The molecule has 86 valence electrons. The lowest BCUT2D eigenvalue weighted by molar-refractivity contribution is 0.124. The van der Waals surface area contributed by atoms with Gasteiger partial charge in [-0.2, -0.15) is 0 Å². The summed E-state index contributed by atoms with van der Waals surface area (Å²) >= 11 is 5.92. The molecule has 1 aromatic rings. The number of halogens is 1. The minimum absolute atomic E-state index is 0.162. The maximum Gasteiger partial charge on any atom is 0.0872 e. The molecule has 0 saturated carbocycles. The van der Waals surface area contributed by atoms with Gasteiger partial charge in [0.15, 0.2) is 0 Å². The SMILES string of the molecule is Nc1ccc(Cl)cc1[C@@H](O)[C@H]1C=CCCC1. The van der Waals surface area contributed by atoms with E-state index in [-0.39, 0.29) is 5.92 Å². The molecule has 3 N–H and O–H groups in total. The van der Waals surface area contributed by atoms with Crippen molar-refractivity contribution in [3.63, 3.8) is 0 Å². The van der Waals surface area contributed by atoms with Crippen LogP contribution in [0.4, 0.5) is 5.69 Å². The van der Waals surface area contributed by atoms with Crippen molar-refractivity contribution in [3.05, 3.63) is 40.9 Å². The van der Waals surface area contributed by atoms with Gasteiger partial charge in [0.05, 0.1) is 6.10 Å². The third-order valence-corrected chi connectivity index (χ3v) is 3.30. The van der Waals surface area contributed by atoms with Crippen LogP contribution < -0.4 is 5.73 Å². The van der Waals surface area contributed by atoms with Crippen molar-refractivity contribution < 1.29 is 5.11 Å². The molecule has 1 aromatic carbocycles. The van der Waals surface area contributed by atoms with E-state index in [1.54, 1.807) is 18.2 Å². The van der Waals surface area contributed by atoms with E-state index in [0.29, 0.717) is 10.7 Å². The second kappa shape index (κ2) is 4.89. The fraction of sp³-hybridized carbons (Fsp3) is 0.385. The van der Waals surface area contributed by atoms with Crippen LogP contribution in [0.1, 0.15) is 30.9 Å². The second-order valence-electron chi connectivity index (χ2n) is 4.24. The zero-order chi connectivity index (χ0) is 11.5. The molecule has 1 aliphatic carbocycles. The van der Waals surface area contributed by atoms with Gasteiger partial charge in [-0.15, -0.1) is 0 Å². The molecule has 1 aliphatic rings. The van der Waals surface area contributed by atoms with E-state index >= 15 is 0 Å². The van der Waals surface area contributed by atoms with Crippen LogP contribution in [0.15, 0.2) is 30.4 Å². The highest BCUT2D eigenvalue weighted by atomic mass is 35.5. The number of nitrogen functional groups attached to an aromatic ring is 1. The Labute approximate surface area is 101 Å². The topological polar surface area (TPSA) is 46.2 Å². The quantitative estimate of drug-likeness (QED) is 0.612. The summed E-state index contributed by atoms with van der Waals surface area (Å²) in [4.78, 5) is 0. The molecule has 0 spiro atoms. The van der Waals surface area contributed by atoms with Crippen molar-refractivity contribution in [1.29, 1.82) is 0 Å². The van der Waals surface area contributed by atoms with Gasteiger partial charge in [0.1, 0.15) is 0 Å². The molecule has 0 bridgehead atoms. The molecule has 2 atom stereocenters. The second-order valence-corrected chi connectivity index (χ2v) is 4.68. The van der Waals surface area contributed by atoms with Gasteiger partial charge in [0, 0.05) is 22.2 Å². The average Bonchev–Trinajstić information content (AvgIpc) is 2.32. The fourth-order valence-electron chi connectivity index (χ4n) is 2.13. The largest absolute Gasteiger partial charge is 0.398 e. The van der Waals surface area contributed by atoms with Gasteiger partial charge in [-0.25, -0.2) is 0 Å². The standard InChI is InChI=1S/C13H16ClNO/c14-10-6-7-12(15)11(8-10)13(16)9-4-2-1-3-5-9/h2,4,6-9,13,16H,1,3,5,15H2/t9-,13-/m0/s1. The Morgan fingerprint density at radius 3 is 2.94 bits per heavy atom. The molecule has 2 nitrogen and oxygen atoms in total. The number of benzene rings is 1. The maximum absolute atomic E-state index is 10.3. The number of nitrogens with two attached hydrogens (primary N) is 1. The van der Waals surface area contributed by atoms with Crippen LogP contribution in [0.5, 0.6) is 0 Å². The van der Waals surface area contributed by atoms with Crippen molar-refractivity contribution in [2.45, 2.75) is 25.4 Å². The van der Waals surface area contributed by atoms with E-state index < -0.39 is 6.10 Å². The summed E-state index contributed by atoms with van der Waals surface area (Å²) in [6.45, 7) is 0. The Morgan fingerprint density at radius 2 is 2.25 bits per heavy atom. The molecule has 0 saturated heterocycles. The van der Waals surface area contributed by atoms with Crippen molar-refractivity contribution >= 4 is 17.3 Å². The van der Waals surface area contributed by atoms with E-state index in [1.165, 1.54) is 0 Å². The minimum atomic E-state index is -0.546. The molecule has 0 fully saturated rings. The first-order valence-electron chi connectivity index (χ1n) is 5.58. The normalized spacial score (nSPS) is 22.0. The lowest BCUT2D eigenvalue weighted by Gasteiger charge is -2.23. The third-order valence-electron chi connectivity index (χ3n) is 3.06. The molecule has 3 heteroatoms. The van der Waals surface area contributed by atoms with Crippen LogP contribution in [0, 0.1) is 5.92 Å². The Morgan fingerprint density at radius 1 is 1.44 bits per heavy atom. The third kappa shape index (κ3) is 2.39. The van der Waals surface area contributed by atoms with Gasteiger partial charge < -0.3 is 10.8 Å². The Hall–Kier alpha value is -0.990. The molecule has 0 unspecified atom stereocenters. The lowest BCUT2D eigenvalue weighted by atomic mass is 9.87. The zero-order valence-corrected chi connectivity index (χ0v) is 9.82. The summed E-state index contributed by atoms with van der Waals surface area (Å²) in [5.41, 5.74) is 7.20. The van der Waals surface area contributed by atoms with Gasteiger partial charge in [0.25, 0.3) is 0 Å². The summed E-state index contributed by atoms with van der Waals surface area (Å²) in [6, 6.07) is 5.24. The predicted octanol–water partition coefficient (Wildman–Crippen LogP) is 3.31. The minimum Gasteiger partial charge on any atom is -0.398 e. The van der Waals surface area contributed by atoms with Gasteiger partial charge >= 0.3 is 0 Å². The molecule has 0 radical (unpaired) electrons. The molecular weight excluding hydrogens is 222 g/mol. The monoisotopic (exact) mass is 237 g/mol. The maximum atomic E-state index is 10.3. The Balaban J connectivity index is 2.25. The van der Waals surface area contributed by atoms with Gasteiger partial charge in [0.2, 0.25) is 0 Å². The van der Waals surface area contributed by atoms with Crippen LogP contribution >= 0.6 is 11.6 Å². The van der Waals surface area contributed by atoms with Crippen LogP contribution in [0.25, 0.3) is 0 Å². The molecule has 0 aromatic heterocycles. The van der Waals surface area contributed by atoms with Crippen molar-refractivity contribution in [2.75, 3.05) is 5.73 Å². The molecule has 2 rings (SSSR count). The van der Waals surface area contributed by atoms with E-state index in [4.69, 9.17) is 17.3 Å². The van der Waals surface area contributed by atoms with Crippen LogP contribution in [0.3, 0.4) is 0 Å². The number of rotatable bonds is 2. The number of aliphatic hydroxyl groups is 1. The highest BCUT2D eigenvalue weighted by molar-refractivity contribution is 6.30. The van der Waals surface area contributed by atoms with Gasteiger partial charge in [-0.05, 0) is 37.5 Å². The van der Waals surface area contributed by atoms with Crippen LogP contribution in [-0.2, 0) is 0 Å². The average molecular weight is 238 g/mol.